The zero-order valence-corrected chi connectivity index (χ0v) is 23.9. The molecule has 1 atom stereocenters. The van der Waals surface area contributed by atoms with Crippen LogP contribution in [0.1, 0.15) is 23.2 Å². The average molecular weight is 577 g/mol. The van der Waals surface area contributed by atoms with Gasteiger partial charge in [0, 0.05) is 62.5 Å². The van der Waals surface area contributed by atoms with Gasteiger partial charge in [-0.15, -0.1) is 0 Å². The summed E-state index contributed by atoms with van der Waals surface area (Å²) in [5.74, 6) is 0.361. The Balaban J connectivity index is 1.44. The van der Waals surface area contributed by atoms with Gasteiger partial charge in [0.15, 0.2) is 0 Å². The first-order valence-corrected chi connectivity index (χ1v) is 16.4. The topological polar surface area (TPSA) is 84.7 Å². The number of aromatic nitrogens is 2. The van der Waals surface area contributed by atoms with E-state index in [4.69, 9.17) is 21.4 Å². The van der Waals surface area contributed by atoms with Gasteiger partial charge in [-0.25, -0.2) is 8.42 Å². The molecule has 38 heavy (non-hydrogen) atoms. The summed E-state index contributed by atoms with van der Waals surface area (Å²) in [6, 6.07) is 15.2. The van der Waals surface area contributed by atoms with E-state index in [9.17, 15) is 12.6 Å². The number of rotatable bonds is 9. The van der Waals surface area contributed by atoms with E-state index in [0.29, 0.717) is 28.6 Å². The van der Waals surface area contributed by atoms with Crippen LogP contribution in [0.4, 0.5) is 0 Å². The van der Waals surface area contributed by atoms with E-state index in [2.05, 4.69) is 4.90 Å². The lowest BCUT2D eigenvalue weighted by Crippen LogP contribution is -2.37. The minimum absolute atomic E-state index is 0.276. The molecule has 0 amide bonds. The molecule has 0 radical (unpaired) electrons. The number of sulfonamides is 1. The Morgan fingerprint density at radius 2 is 1.82 bits per heavy atom. The maximum atomic E-state index is 13.3. The van der Waals surface area contributed by atoms with E-state index < -0.39 is 20.8 Å². The standard InChI is InChI=1S/C27H33ClN4O4S2/c1-38(34,35)31-13-10-25-23(19-31)27(29-32(25)12-5-11-30-14-16-36-17-15-30)22-8-9-24(28)26(18-22)37(33)20-21-6-3-2-4-7-21/h2-4,6-9,18H,5,10-17,19-20H2,1H3. The quantitative estimate of drug-likeness (QED) is 0.387. The van der Waals surface area contributed by atoms with Crippen molar-refractivity contribution < 1.29 is 17.4 Å². The van der Waals surface area contributed by atoms with Crippen molar-refractivity contribution in [2.24, 2.45) is 0 Å². The van der Waals surface area contributed by atoms with Gasteiger partial charge in [-0.3, -0.25) is 13.8 Å². The van der Waals surface area contributed by atoms with Gasteiger partial charge >= 0.3 is 0 Å². The summed E-state index contributed by atoms with van der Waals surface area (Å²) in [4.78, 5) is 2.96. The van der Waals surface area contributed by atoms with E-state index >= 15 is 0 Å². The lowest BCUT2D eigenvalue weighted by Gasteiger charge is -2.27. The zero-order valence-electron chi connectivity index (χ0n) is 21.5. The zero-order chi connectivity index (χ0) is 26.7. The molecular weight excluding hydrogens is 544 g/mol. The molecule has 0 spiro atoms. The van der Waals surface area contributed by atoms with Crippen LogP contribution >= 0.6 is 11.6 Å². The highest BCUT2D eigenvalue weighted by Crippen LogP contribution is 2.34. The molecule has 0 bridgehead atoms. The summed E-state index contributed by atoms with van der Waals surface area (Å²) in [5, 5.41) is 5.43. The monoisotopic (exact) mass is 576 g/mol. The van der Waals surface area contributed by atoms with Crippen LogP contribution in [0.15, 0.2) is 53.4 Å². The second-order valence-electron chi connectivity index (χ2n) is 9.77. The molecule has 1 fully saturated rings. The fourth-order valence-corrected chi connectivity index (χ4v) is 7.42. The van der Waals surface area contributed by atoms with Crippen molar-refractivity contribution in [2.45, 2.75) is 36.6 Å². The fourth-order valence-electron chi connectivity index (χ4n) is 5.06. The molecular formula is C27H33ClN4O4S2. The normalized spacial score (nSPS) is 17.8. The van der Waals surface area contributed by atoms with Crippen LogP contribution in [0.5, 0.6) is 0 Å². The highest BCUT2D eigenvalue weighted by atomic mass is 35.5. The molecule has 5 rings (SSSR count). The third-order valence-electron chi connectivity index (χ3n) is 7.11. The highest BCUT2D eigenvalue weighted by Gasteiger charge is 2.30. The van der Waals surface area contributed by atoms with Crippen LogP contribution in [0, 0.1) is 0 Å². The van der Waals surface area contributed by atoms with E-state index in [1.54, 1.807) is 6.07 Å². The van der Waals surface area contributed by atoms with E-state index in [-0.39, 0.29) is 6.54 Å². The van der Waals surface area contributed by atoms with E-state index in [1.165, 1.54) is 10.6 Å². The first kappa shape index (κ1) is 27.5. The SMILES string of the molecule is CS(=O)(=O)N1CCc2c(c(-c3ccc(Cl)c(S(=O)Cc4ccccc4)c3)nn2CCCN2CCOCC2)C1. The molecule has 1 saturated heterocycles. The Kier molecular flexibility index (Phi) is 8.66. The van der Waals surface area contributed by atoms with Gasteiger partial charge in [-0.05, 0) is 24.1 Å². The molecule has 2 aromatic carbocycles. The predicted octanol–water partition coefficient (Wildman–Crippen LogP) is 3.55. The third kappa shape index (κ3) is 6.38. The minimum atomic E-state index is -3.34. The Morgan fingerprint density at radius 1 is 1.05 bits per heavy atom. The molecule has 3 aromatic rings. The summed E-state index contributed by atoms with van der Waals surface area (Å²) in [6.45, 7) is 5.86. The number of nitrogens with zero attached hydrogens (tertiary/aromatic N) is 4. The third-order valence-corrected chi connectivity index (χ3v) is 10.2. The lowest BCUT2D eigenvalue weighted by molar-refractivity contribution is 0.0368. The van der Waals surface area contributed by atoms with Crippen LogP contribution in [-0.2, 0) is 50.8 Å². The lowest BCUT2D eigenvalue weighted by atomic mass is 10.0. The smallest absolute Gasteiger partial charge is 0.211 e. The number of morpholine rings is 1. The van der Waals surface area contributed by atoms with E-state index in [1.807, 2.05) is 47.1 Å². The van der Waals surface area contributed by atoms with Crippen molar-refractivity contribution in [3.05, 3.63) is 70.4 Å². The largest absolute Gasteiger partial charge is 0.379 e. The number of aryl methyl sites for hydroxylation is 1. The molecule has 204 valence electrons. The van der Waals surface area contributed by atoms with Crippen molar-refractivity contribution in [3.8, 4) is 11.3 Å². The van der Waals surface area contributed by atoms with Crippen LogP contribution in [-0.4, -0.2) is 77.3 Å². The Morgan fingerprint density at radius 3 is 2.55 bits per heavy atom. The Labute approximate surface area is 232 Å². The molecule has 1 aromatic heterocycles. The van der Waals surface area contributed by atoms with Gasteiger partial charge in [0.25, 0.3) is 0 Å². The van der Waals surface area contributed by atoms with Gasteiger partial charge < -0.3 is 4.74 Å². The molecule has 8 nitrogen and oxygen atoms in total. The van der Waals surface area contributed by atoms with Gasteiger partial charge in [-0.2, -0.15) is 9.40 Å². The Bertz CT molecular complexity index is 1410. The molecule has 0 aliphatic carbocycles. The molecule has 0 saturated carbocycles. The van der Waals surface area contributed by atoms with Gasteiger partial charge in [0.2, 0.25) is 10.0 Å². The highest BCUT2D eigenvalue weighted by molar-refractivity contribution is 7.88. The molecule has 11 heteroatoms. The van der Waals surface area contributed by atoms with Gasteiger partial charge in [0.05, 0.1) is 51.6 Å². The predicted molar refractivity (Wildman–Crippen MR) is 150 cm³/mol. The van der Waals surface area contributed by atoms with E-state index in [0.717, 1.165) is 73.9 Å². The van der Waals surface area contributed by atoms with Crippen LogP contribution < -0.4 is 0 Å². The maximum Gasteiger partial charge on any atom is 0.211 e. The molecule has 0 N–H and O–H groups in total. The molecule has 2 aliphatic rings. The first-order valence-electron chi connectivity index (χ1n) is 12.9. The van der Waals surface area contributed by atoms with Gasteiger partial charge in [-0.1, -0.05) is 48.0 Å². The average Bonchev–Trinajstić information content (AvgIpc) is 3.27. The fraction of sp³-hybridized carbons (Fsp3) is 0.444. The van der Waals surface area contributed by atoms with Gasteiger partial charge in [0.1, 0.15) is 0 Å². The molecule has 2 aliphatic heterocycles. The summed E-state index contributed by atoms with van der Waals surface area (Å²) in [6.07, 6.45) is 2.79. The van der Waals surface area contributed by atoms with Crippen LogP contribution in [0.25, 0.3) is 11.3 Å². The second kappa shape index (κ2) is 12.0. The number of hydrogen-bond acceptors (Lipinski definition) is 6. The second-order valence-corrected chi connectivity index (χ2v) is 13.6. The van der Waals surface area contributed by atoms with Crippen molar-refractivity contribution >= 4 is 32.4 Å². The summed E-state index contributed by atoms with van der Waals surface area (Å²) in [5.41, 5.74) is 4.48. The van der Waals surface area contributed by atoms with Crippen molar-refractivity contribution in [2.75, 3.05) is 45.6 Å². The van der Waals surface area contributed by atoms with Crippen LogP contribution in [0.3, 0.4) is 0 Å². The summed E-state index contributed by atoms with van der Waals surface area (Å²) in [7, 11) is -4.69. The molecule has 3 heterocycles. The van der Waals surface area contributed by atoms with Crippen molar-refractivity contribution in [3.63, 3.8) is 0 Å². The number of ether oxygens (including phenoxy) is 1. The number of fused-ring (bicyclic) bond motifs is 1. The summed E-state index contributed by atoms with van der Waals surface area (Å²) < 4.78 is 47.1. The summed E-state index contributed by atoms with van der Waals surface area (Å²) >= 11 is 6.50. The Hall–Kier alpha value is -2.08. The number of halogens is 1. The van der Waals surface area contributed by atoms with Crippen molar-refractivity contribution in [1.82, 2.24) is 19.0 Å². The first-order chi connectivity index (χ1) is 18.3. The number of benzene rings is 2. The molecule has 1 unspecified atom stereocenters. The minimum Gasteiger partial charge on any atom is -0.379 e. The van der Waals surface area contributed by atoms with Crippen molar-refractivity contribution in [1.29, 1.82) is 0 Å². The van der Waals surface area contributed by atoms with Crippen LogP contribution in [0.2, 0.25) is 5.02 Å². The maximum absolute atomic E-state index is 13.3. The number of hydrogen-bond donors (Lipinski definition) is 0.